The molecule has 0 aromatic heterocycles. The molecule has 0 heterocycles. The maximum Gasteiger partial charge on any atom is 0.326 e. The molecule has 1 rings (SSSR count). The molecule has 0 aliphatic carbocycles. The second-order valence-electron chi connectivity index (χ2n) is 9.54. The van der Waals surface area contributed by atoms with Crippen molar-refractivity contribution in [1.29, 1.82) is 0 Å². The number of carbonyl (C=O) groups is 4. The van der Waals surface area contributed by atoms with E-state index in [1.165, 1.54) is 0 Å². The number of nitrogens with one attached hydrogen (secondary N) is 3. The lowest BCUT2D eigenvalue weighted by atomic mass is 9.96. The SMILES string of the molecule is CCC(C)C(NC(=O)C(CC(C)C)NC(=O)C(N)CCSC)C(=O)NC(Cc1ccccc1)C(=O)O. The van der Waals surface area contributed by atoms with Gasteiger partial charge in [-0.3, -0.25) is 14.4 Å². The monoisotopic (exact) mass is 522 g/mol. The van der Waals surface area contributed by atoms with Gasteiger partial charge in [-0.05, 0) is 42.2 Å². The van der Waals surface area contributed by atoms with Crippen molar-refractivity contribution >= 4 is 35.5 Å². The van der Waals surface area contributed by atoms with Crippen molar-refractivity contribution in [2.75, 3.05) is 12.0 Å². The topological polar surface area (TPSA) is 151 Å². The van der Waals surface area contributed by atoms with Crippen LogP contribution < -0.4 is 21.7 Å². The number of carbonyl (C=O) groups excluding carboxylic acids is 3. The van der Waals surface area contributed by atoms with Crippen LogP contribution in [0.4, 0.5) is 0 Å². The van der Waals surface area contributed by atoms with E-state index in [0.717, 1.165) is 11.3 Å². The van der Waals surface area contributed by atoms with E-state index in [1.54, 1.807) is 36.0 Å². The van der Waals surface area contributed by atoms with Gasteiger partial charge in [-0.2, -0.15) is 11.8 Å². The molecule has 10 heteroatoms. The van der Waals surface area contributed by atoms with Crippen LogP contribution >= 0.6 is 11.8 Å². The fourth-order valence-corrected chi connectivity index (χ4v) is 4.11. The first-order valence-corrected chi connectivity index (χ1v) is 13.8. The molecule has 0 spiro atoms. The number of rotatable bonds is 16. The Kier molecular flexibility index (Phi) is 14.2. The minimum absolute atomic E-state index is 0.0987. The van der Waals surface area contributed by atoms with Crippen LogP contribution in [0, 0.1) is 11.8 Å². The summed E-state index contributed by atoms with van der Waals surface area (Å²) in [5.74, 6) is -2.09. The van der Waals surface area contributed by atoms with E-state index >= 15 is 0 Å². The number of hydrogen-bond acceptors (Lipinski definition) is 6. The fourth-order valence-electron chi connectivity index (χ4n) is 3.62. The molecule has 5 unspecified atom stereocenters. The number of carboxylic acids is 1. The van der Waals surface area contributed by atoms with Crippen LogP contribution in [0.15, 0.2) is 30.3 Å². The van der Waals surface area contributed by atoms with Crippen LogP contribution in [0.1, 0.15) is 52.5 Å². The van der Waals surface area contributed by atoms with E-state index in [2.05, 4.69) is 16.0 Å². The molecule has 0 radical (unpaired) electrons. The average molecular weight is 523 g/mol. The number of hydrogen-bond donors (Lipinski definition) is 5. The normalized spacial score (nSPS) is 15.3. The predicted octanol–water partition coefficient (Wildman–Crippen LogP) is 1.94. The molecular formula is C26H42N4O5S. The van der Waals surface area contributed by atoms with Crippen LogP contribution in [-0.4, -0.2) is 65.0 Å². The van der Waals surface area contributed by atoms with Gasteiger partial charge in [0.1, 0.15) is 18.1 Å². The zero-order chi connectivity index (χ0) is 27.3. The first-order chi connectivity index (χ1) is 17.0. The molecule has 5 atom stereocenters. The minimum Gasteiger partial charge on any atom is -0.480 e. The number of nitrogens with two attached hydrogens (primary N) is 1. The molecule has 202 valence electrons. The smallest absolute Gasteiger partial charge is 0.326 e. The van der Waals surface area contributed by atoms with Crippen molar-refractivity contribution < 1.29 is 24.3 Å². The van der Waals surface area contributed by atoms with Crippen molar-refractivity contribution in [3.05, 3.63) is 35.9 Å². The zero-order valence-corrected chi connectivity index (χ0v) is 22.8. The Balaban J connectivity index is 3.00. The highest BCUT2D eigenvalue weighted by Gasteiger charge is 2.33. The van der Waals surface area contributed by atoms with Gasteiger partial charge in [0, 0.05) is 6.42 Å². The predicted molar refractivity (Wildman–Crippen MR) is 143 cm³/mol. The first kappa shape index (κ1) is 31.4. The van der Waals surface area contributed by atoms with Gasteiger partial charge in [0.2, 0.25) is 17.7 Å². The summed E-state index contributed by atoms with van der Waals surface area (Å²) in [4.78, 5) is 50.8. The lowest BCUT2D eigenvalue weighted by molar-refractivity contribution is -0.142. The van der Waals surface area contributed by atoms with E-state index < -0.39 is 47.9 Å². The molecule has 0 bridgehead atoms. The maximum atomic E-state index is 13.2. The molecule has 0 aliphatic rings. The molecule has 3 amide bonds. The van der Waals surface area contributed by atoms with Crippen molar-refractivity contribution in [3.63, 3.8) is 0 Å². The number of amides is 3. The summed E-state index contributed by atoms with van der Waals surface area (Å²) >= 11 is 1.58. The summed E-state index contributed by atoms with van der Waals surface area (Å²) in [5, 5.41) is 17.8. The molecule has 0 saturated heterocycles. The van der Waals surface area contributed by atoms with Gasteiger partial charge in [-0.15, -0.1) is 0 Å². The Morgan fingerprint density at radius 3 is 2.08 bits per heavy atom. The summed E-state index contributed by atoms with van der Waals surface area (Å²) in [7, 11) is 0. The van der Waals surface area contributed by atoms with Crippen molar-refractivity contribution in [2.45, 2.75) is 77.5 Å². The Morgan fingerprint density at radius 2 is 1.56 bits per heavy atom. The Bertz CT molecular complexity index is 852. The standard InChI is InChI=1S/C26H42N4O5S/c1-6-17(4)22(25(33)29-21(26(34)35)15-18-10-8-7-9-11-18)30-24(32)20(14-16(2)3)28-23(31)19(27)12-13-36-5/h7-11,16-17,19-22H,6,12-15,27H2,1-5H3,(H,28,31)(H,29,33)(H,30,32)(H,34,35). The molecule has 6 N–H and O–H groups in total. The summed E-state index contributed by atoms with van der Waals surface area (Å²) < 4.78 is 0. The third-order valence-corrected chi connectivity index (χ3v) is 6.64. The molecule has 1 aromatic carbocycles. The molecule has 1 aromatic rings. The van der Waals surface area contributed by atoms with Gasteiger partial charge in [-0.25, -0.2) is 4.79 Å². The summed E-state index contributed by atoms with van der Waals surface area (Å²) in [6.07, 6.45) is 3.47. The third-order valence-electron chi connectivity index (χ3n) is 6.00. The van der Waals surface area contributed by atoms with Crippen LogP contribution in [0.3, 0.4) is 0 Å². The van der Waals surface area contributed by atoms with Gasteiger partial charge in [0.15, 0.2) is 0 Å². The highest BCUT2D eigenvalue weighted by Crippen LogP contribution is 2.12. The number of benzene rings is 1. The van der Waals surface area contributed by atoms with Crippen LogP contribution in [0.25, 0.3) is 0 Å². The van der Waals surface area contributed by atoms with Gasteiger partial charge in [0.05, 0.1) is 6.04 Å². The second kappa shape index (κ2) is 16.2. The molecule has 0 fully saturated rings. The van der Waals surface area contributed by atoms with Crippen LogP contribution in [0.2, 0.25) is 0 Å². The fraction of sp³-hybridized carbons (Fsp3) is 0.615. The Hall–Kier alpha value is -2.59. The molecular weight excluding hydrogens is 480 g/mol. The minimum atomic E-state index is -1.16. The number of thioether (sulfide) groups is 1. The lowest BCUT2D eigenvalue weighted by Gasteiger charge is -2.28. The molecule has 0 aliphatic heterocycles. The van der Waals surface area contributed by atoms with Crippen molar-refractivity contribution in [1.82, 2.24) is 16.0 Å². The Morgan fingerprint density at radius 1 is 0.944 bits per heavy atom. The highest BCUT2D eigenvalue weighted by atomic mass is 32.2. The molecule has 36 heavy (non-hydrogen) atoms. The van der Waals surface area contributed by atoms with Crippen LogP contribution in [-0.2, 0) is 25.6 Å². The molecule has 0 saturated carbocycles. The second-order valence-corrected chi connectivity index (χ2v) is 10.5. The largest absolute Gasteiger partial charge is 0.480 e. The first-order valence-electron chi connectivity index (χ1n) is 12.4. The third kappa shape index (κ3) is 11.0. The van der Waals surface area contributed by atoms with Gasteiger partial charge < -0.3 is 26.8 Å². The Labute approximate surface area is 218 Å². The van der Waals surface area contributed by atoms with Gasteiger partial charge in [0.25, 0.3) is 0 Å². The van der Waals surface area contributed by atoms with Gasteiger partial charge >= 0.3 is 5.97 Å². The quantitative estimate of drug-likeness (QED) is 0.223. The summed E-state index contributed by atoms with van der Waals surface area (Å²) in [5.41, 5.74) is 6.74. The van der Waals surface area contributed by atoms with Crippen molar-refractivity contribution in [2.24, 2.45) is 17.6 Å². The highest BCUT2D eigenvalue weighted by molar-refractivity contribution is 7.98. The zero-order valence-electron chi connectivity index (χ0n) is 22.0. The van der Waals surface area contributed by atoms with E-state index in [1.807, 2.05) is 40.0 Å². The van der Waals surface area contributed by atoms with Crippen molar-refractivity contribution in [3.8, 4) is 0 Å². The summed E-state index contributed by atoms with van der Waals surface area (Å²) in [6, 6.07) is 5.30. The average Bonchev–Trinajstić information content (AvgIpc) is 2.84. The molecule has 9 nitrogen and oxygen atoms in total. The summed E-state index contributed by atoms with van der Waals surface area (Å²) in [6.45, 7) is 7.56. The maximum absolute atomic E-state index is 13.2. The van der Waals surface area contributed by atoms with Gasteiger partial charge in [-0.1, -0.05) is 64.4 Å². The number of aliphatic carboxylic acids is 1. The van der Waals surface area contributed by atoms with E-state index in [0.29, 0.717) is 19.3 Å². The van der Waals surface area contributed by atoms with Crippen LogP contribution in [0.5, 0.6) is 0 Å². The lowest BCUT2D eigenvalue weighted by Crippen LogP contribution is -2.59. The van der Waals surface area contributed by atoms with E-state index in [9.17, 15) is 24.3 Å². The van der Waals surface area contributed by atoms with E-state index in [4.69, 9.17) is 5.73 Å². The van der Waals surface area contributed by atoms with E-state index in [-0.39, 0.29) is 18.3 Å². The number of carboxylic acid groups (broad SMARTS) is 1.